The lowest BCUT2D eigenvalue weighted by Gasteiger charge is -2.19. The Morgan fingerprint density at radius 1 is 1.43 bits per heavy atom. The second-order valence-corrected chi connectivity index (χ2v) is 5.35. The maximum Gasteiger partial charge on any atom is 0.305 e. The smallest absolute Gasteiger partial charge is 0.305 e. The van der Waals surface area contributed by atoms with Gasteiger partial charge in [-0.2, -0.15) is 0 Å². The van der Waals surface area contributed by atoms with E-state index in [1.807, 2.05) is 38.1 Å². The van der Waals surface area contributed by atoms with E-state index in [0.717, 1.165) is 11.1 Å². The standard InChI is InChI=1S/C16H21NO4/c1-3-21-14-8-12(14)16(20)17-13(9-15(18)19)11-7-5-4-6-10(11)2/h4-7,12-14H,3,8-9H2,1-2H3,(H,17,20)(H,18,19)/t12-,13-,14+/m0/s1. The van der Waals surface area contributed by atoms with E-state index in [4.69, 9.17) is 9.84 Å². The van der Waals surface area contributed by atoms with Crippen LogP contribution in [0.15, 0.2) is 24.3 Å². The fourth-order valence-electron chi connectivity index (χ4n) is 2.52. The van der Waals surface area contributed by atoms with Crippen molar-refractivity contribution in [3.63, 3.8) is 0 Å². The lowest BCUT2D eigenvalue weighted by Crippen LogP contribution is -2.32. The lowest BCUT2D eigenvalue weighted by molar-refractivity contribution is -0.137. The first-order valence-corrected chi connectivity index (χ1v) is 7.22. The molecule has 3 atom stereocenters. The summed E-state index contributed by atoms with van der Waals surface area (Å²) in [7, 11) is 0. The number of carboxylic acid groups (broad SMARTS) is 1. The van der Waals surface area contributed by atoms with E-state index in [9.17, 15) is 9.59 Å². The molecule has 0 saturated heterocycles. The van der Waals surface area contributed by atoms with E-state index in [0.29, 0.717) is 13.0 Å². The van der Waals surface area contributed by atoms with Crippen LogP contribution in [0.2, 0.25) is 0 Å². The first kappa shape index (κ1) is 15.5. The molecule has 2 rings (SSSR count). The van der Waals surface area contributed by atoms with Gasteiger partial charge >= 0.3 is 5.97 Å². The number of carbonyl (C=O) groups excluding carboxylic acids is 1. The second-order valence-electron chi connectivity index (χ2n) is 5.35. The average molecular weight is 291 g/mol. The average Bonchev–Trinajstić information content (AvgIpc) is 3.18. The molecule has 2 N–H and O–H groups in total. The number of rotatable bonds is 7. The number of aliphatic carboxylic acids is 1. The molecule has 0 spiro atoms. The zero-order valence-corrected chi connectivity index (χ0v) is 12.3. The minimum Gasteiger partial charge on any atom is -0.481 e. The number of aryl methyl sites for hydroxylation is 1. The van der Waals surface area contributed by atoms with Crippen LogP contribution < -0.4 is 5.32 Å². The molecule has 0 aliphatic heterocycles. The first-order chi connectivity index (χ1) is 10.0. The predicted octanol–water partition coefficient (Wildman–Crippen LogP) is 2.05. The summed E-state index contributed by atoms with van der Waals surface area (Å²) in [5.74, 6) is -1.20. The molecule has 114 valence electrons. The number of carbonyl (C=O) groups is 2. The van der Waals surface area contributed by atoms with Crippen LogP contribution in [0, 0.1) is 12.8 Å². The number of benzene rings is 1. The molecule has 5 heteroatoms. The van der Waals surface area contributed by atoms with Crippen molar-refractivity contribution in [3.05, 3.63) is 35.4 Å². The van der Waals surface area contributed by atoms with Gasteiger partial charge in [0.2, 0.25) is 5.91 Å². The van der Waals surface area contributed by atoms with Gasteiger partial charge in [0.1, 0.15) is 0 Å². The SMILES string of the molecule is CCO[C@@H]1C[C@@H]1C(=O)N[C@@H](CC(=O)O)c1ccccc1C. The van der Waals surface area contributed by atoms with Crippen LogP contribution in [0.1, 0.15) is 36.9 Å². The van der Waals surface area contributed by atoms with E-state index in [1.54, 1.807) is 0 Å². The molecule has 1 fully saturated rings. The third-order valence-corrected chi connectivity index (χ3v) is 3.71. The molecule has 0 aromatic heterocycles. The summed E-state index contributed by atoms with van der Waals surface area (Å²) in [6.07, 6.45) is 0.577. The molecule has 1 saturated carbocycles. The van der Waals surface area contributed by atoms with Gasteiger partial charge < -0.3 is 15.2 Å². The Balaban J connectivity index is 2.06. The number of hydrogen-bond acceptors (Lipinski definition) is 3. The zero-order chi connectivity index (χ0) is 15.4. The van der Waals surface area contributed by atoms with Crippen molar-refractivity contribution >= 4 is 11.9 Å². The van der Waals surface area contributed by atoms with E-state index in [-0.39, 0.29) is 24.3 Å². The molecule has 1 aliphatic carbocycles. The van der Waals surface area contributed by atoms with Gasteiger partial charge in [-0.3, -0.25) is 9.59 Å². The number of hydrogen-bond donors (Lipinski definition) is 2. The van der Waals surface area contributed by atoms with Gasteiger partial charge in [0.05, 0.1) is 24.5 Å². The quantitative estimate of drug-likeness (QED) is 0.806. The number of carboxylic acids is 1. The van der Waals surface area contributed by atoms with Gasteiger partial charge in [-0.25, -0.2) is 0 Å². The van der Waals surface area contributed by atoms with E-state index in [2.05, 4.69) is 5.32 Å². The monoisotopic (exact) mass is 291 g/mol. The Morgan fingerprint density at radius 3 is 2.76 bits per heavy atom. The molecule has 0 bridgehead atoms. The fraction of sp³-hybridized carbons (Fsp3) is 0.500. The number of ether oxygens (including phenoxy) is 1. The molecule has 0 unspecified atom stereocenters. The van der Waals surface area contributed by atoms with Crippen LogP contribution in [0.3, 0.4) is 0 Å². The summed E-state index contributed by atoms with van der Waals surface area (Å²) < 4.78 is 5.40. The highest BCUT2D eigenvalue weighted by Gasteiger charge is 2.44. The molecule has 1 aromatic carbocycles. The highest BCUT2D eigenvalue weighted by atomic mass is 16.5. The Labute approximate surface area is 124 Å². The molecule has 0 radical (unpaired) electrons. The van der Waals surface area contributed by atoms with Gasteiger partial charge in [-0.15, -0.1) is 0 Å². The summed E-state index contributed by atoms with van der Waals surface area (Å²) >= 11 is 0. The van der Waals surface area contributed by atoms with Crippen molar-refractivity contribution in [2.24, 2.45) is 5.92 Å². The van der Waals surface area contributed by atoms with Gasteiger partial charge in [0.15, 0.2) is 0 Å². The topological polar surface area (TPSA) is 75.6 Å². The van der Waals surface area contributed by atoms with Crippen molar-refractivity contribution in [3.8, 4) is 0 Å². The van der Waals surface area contributed by atoms with Crippen molar-refractivity contribution in [2.45, 2.75) is 38.8 Å². The van der Waals surface area contributed by atoms with Crippen LogP contribution in [-0.2, 0) is 14.3 Å². The minimum atomic E-state index is -0.930. The van der Waals surface area contributed by atoms with Gasteiger partial charge in [0, 0.05) is 6.61 Å². The first-order valence-electron chi connectivity index (χ1n) is 7.22. The molecule has 0 heterocycles. The van der Waals surface area contributed by atoms with E-state index < -0.39 is 12.0 Å². The van der Waals surface area contributed by atoms with Crippen molar-refractivity contribution in [1.29, 1.82) is 0 Å². The Bertz CT molecular complexity index is 529. The summed E-state index contributed by atoms with van der Waals surface area (Å²) in [6, 6.07) is 7.01. The lowest BCUT2D eigenvalue weighted by atomic mass is 9.98. The van der Waals surface area contributed by atoms with E-state index in [1.165, 1.54) is 0 Å². The number of amides is 1. The van der Waals surface area contributed by atoms with Gasteiger partial charge in [-0.05, 0) is 31.4 Å². The molecule has 21 heavy (non-hydrogen) atoms. The van der Waals surface area contributed by atoms with Gasteiger partial charge in [0.25, 0.3) is 0 Å². The van der Waals surface area contributed by atoms with Crippen LogP contribution in [-0.4, -0.2) is 29.7 Å². The van der Waals surface area contributed by atoms with Crippen LogP contribution in [0.5, 0.6) is 0 Å². The Kier molecular flexibility index (Phi) is 4.96. The summed E-state index contributed by atoms with van der Waals surface area (Å²) in [6.45, 7) is 4.40. The third-order valence-electron chi connectivity index (χ3n) is 3.71. The predicted molar refractivity (Wildman–Crippen MR) is 77.8 cm³/mol. The normalized spacial score (nSPS) is 21.6. The van der Waals surface area contributed by atoms with Crippen LogP contribution in [0.4, 0.5) is 0 Å². The van der Waals surface area contributed by atoms with E-state index >= 15 is 0 Å². The maximum atomic E-state index is 12.2. The summed E-state index contributed by atoms with van der Waals surface area (Å²) in [5.41, 5.74) is 1.82. The third kappa shape index (κ3) is 4.04. The van der Waals surface area contributed by atoms with Crippen LogP contribution >= 0.6 is 0 Å². The Morgan fingerprint density at radius 2 is 2.14 bits per heavy atom. The highest BCUT2D eigenvalue weighted by Crippen LogP contribution is 2.34. The molecular weight excluding hydrogens is 270 g/mol. The summed E-state index contributed by atoms with van der Waals surface area (Å²) in [4.78, 5) is 23.2. The van der Waals surface area contributed by atoms with Crippen LogP contribution in [0.25, 0.3) is 0 Å². The highest BCUT2D eigenvalue weighted by molar-refractivity contribution is 5.83. The van der Waals surface area contributed by atoms with Crippen molar-refractivity contribution in [1.82, 2.24) is 5.32 Å². The number of nitrogens with one attached hydrogen (secondary N) is 1. The molecule has 1 amide bonds. The fourth-order valence-corrected chi connectivity index (χ4v) is 2.52. The molecule has 5 nitrogen and oxygen atoms in total. The van der Waals surface area contributed by atoms with Crippen molar-refractivity contribution < 1.29 is 19.4 Å². The largest absolute Gasteiger partial charge is 0.481 e. The minimum absolute atomic E-state index is 0.0163. The maximum absolute atomic E-state index is 12.2. The Hall–Kier alpha value is -1.88. The molecule has 1 aliphatic rings. The van der Waals surface area contributed by atoms with Gasteiger partial charge in [-0.1, -0.05) is 24.3 Å². The zero-order valence-electron chi connectivity index (χ0n) is 12.3. The second kappa shape index (κ2) is 6.72. The summed E-state index contributed by atoms with van der Waals surface area (Å²) in [5, 5.41) is 11.9. The molecular formula is C16H21NO4. The molecule has 1 aromatic rings. The van der Waals surface area contributed by atoms with Crippen molar-refractivity contribution in [2.75, 3.05) is 6.61 Å².